The molecule has 29 heavy (non-hydrogen) atoms. The van der Waals surface area contributed by atoms with Gasteiger partial charge in [-0.05, 0) is 60.9 Å². The molecule has 3 rings (SSSR count). The zero-order chi connectivity index (χ0) is 20.9. The van der Waals surface area contributed by atoms with Crippen LogP contribution in [0.2, 0.25) is 0 Å². The van der Waals surface area contributed by atoms with Crippen LogP contribution in [0, 0.1) is 5.82 Å². The highest BCUT2D eigenvalue weighted by Crippen LogP contribution is 2.17. The second-order valence-electron chi connectivity index (χ2n) is 6.52. The monoisotopic (exact) mass is 416 g/mol. The normalized spacial score (nSPS) is 11.2. The fraction of sp³-hybridized carbons (Fsp3) is 0.200. The molecule has 3 aromatic rings. The molecule has 0 bridgehead atoms. The van der Waals surface area contributed by atoms with Gasteiger partial charge in [0.1, 0.15) is 5.82 Å². The van der Waals surface area contributed by atoms with Crippen molar-refractivity contribution >= 4 is 21.6 Å². The van der Waals surface area contributed by atoms with Crippen molar-refractivity contribution in [2.24, 2.45) is 7.05 Å². The van der Waals surface area contributed by atoms with Crippen LogP contribution in [0.3, 0.4) is 0 Å². The van der Waals surface area contributed by atoms with Gasteiger partial charge in [-0.3, -0.25) is 14.2 Å². The van der Waals surface area contributed by atoms with E-state index in [-0.39, 0.29) is 22.1 Å². The van der Waals surface area contributed by atoms with Crippen LogP contribution >= 0.6 is 0 Å². The SMILES string of the molecule is Cn1cc(CCCNC(=O)c2cccc(S(=O)(=O)Nc3ccc(F)cc3)c2)cn1. The highest BCUT2D eigenvalue weighted by atomic mass is 32.2. The Balaban J connectivity index is 1.60. The third-order valence-electron chi connectivity index (χ3n) is 4.19. The quantitative estimate of drug-likeness (QED) is 0.552. The molecule has 1 heterocycles. The van der Waals surface area contributed by atoms with E-state index in [4.69, 9.17) is 0 Å². The lowest BCUT2D eigenvalue weighted by molar-refractivity contribution is 0.0953. The zero-order valence-electron chi connectivity index (χ0n) is 15.8. The van der Waals surface area contributed by atoms with Gasteiger partial charge in [-0.1, -0.05) is 6.07 Å². The minimum Gasteiger partial charge on any atom is -0.352 e. The lowest BCUT2D eigenvalue weighted by atomic mass is 10.2. The second kappa shape index (κ2) is 8.87. The number of hydrogen-bond donors (Lipinski definition) is 2. The molecule has 1 aromatic heterocycles. The van der Waals surface area contributed by atoms with E-state index >= 15 is 0 Å². The first-order valence-electron chi connectivity index (χ1n) is 8.98. The summed E-state index contributed by atoms with van der Waals surface area (Å²) in [4.78, 5) is 12.3. The van der Waals surface area contributed by atoms with Crippen molar-refractivity contribution in [1.82, 2.24) is 15.1 Å². The number of carbonyl (C=O) groups excluding carboxylic acids is 1. The molecule has 152 valence electrons. The Hall–Kier alpha value is -3.20. The molecule has 0 radical (unpaired) electrons. The van der Waals surface area contributed by atoms with Crippen LogP contribution in [0.1, 0.15) is 22.3 Å². The molecule has 0 aliphatic heterocycles. The van der Waals surface area contributed by atoms with E-state index in [0.29, 0.717) is 6.54 Å². The average Bonchev–Trinajstić information content (AvgIpc) is 3.12. The molecule has 2 aromatic carbocycles. The first-order valence-corrected chi connectivity index (χ1v) is 10.5. The van der Waals surface area contributed by atoms with Gasteiger partial charge >= 0.3 is 0 Å². The summed E-state index contributed by atoms with van der Waals surface area (Å²) in [7, 11) is -2.06. The third-order valence-corrected chi connectivity index (χ3v) is 5.57. The molecule has 0 fully saturated rings. The predicted molar refractivity (Wildman–Crippen MR) is 108 cm³/mol. The Morgan fingerprint density at radius 3 is 2.62 bits per heavy atom. The van der Waals surface area contributed by atoms with Crippen LogP contribution in [0.25, 0.3) is 0 Å². The Labute approximate surface area is 168 Å². The number of nitrogens with zero attached hydrogens (tertiary/aromatic N) is 2. The van der Waals surface area contributed by atoms with E-state index in [2.05, 4.69) is 15.1 Å². The van der Waals surface area contributed by atoms with Gasteiger partial charge in [0.15, 0.2) is 0 Å². The Morgan fingerprint density at radius 1 is 1.17 bits per heavy atom. The topological polar surface area (TPSA) is 93.1 Å². The van der Waals surface area contributed by atoms with E-state index in [1.807, 2.05) is 13.2 Å². The number of amides is 1. The molecule has 0 aliphatic carbocycles. The summed E-state index contributed by atoms with van der Waals surface area (Å²) in [5, 5.41) is 6.88. The Morgan fingerprint density at radius 2 is 1.93 bits per heavy atom. The molecule has 9 heteroatoms. The van der Waals surface area contributed by atoms with Gasteiger partial charge in [-0.25, -0.2) is 12.8 Å². The molecule has 0 saturated carbocycles. The molecule has 0 atom stereocenters. The predicted octanol–water partition coefficient (Wildman–Crippen LogP) is 2.72. The standard InChI is InChI=1S/C20H21FN4O3S/c1-25-14-15(13-23-25)4-3-11-22-20(26)16-5-2-6-19(12-16)29(27,28)24-18-9-7-17(21)8-10-18/h2,5-10,12-14,24H,3-4,11H2,1H3,(H,22,26). The van der Waals surface area contributed by atoms with Gasteiger partial charge in [0, 0.05) is 31.0 Å². The fourth-order valence-corrected chi connectivity index (χ4v) is 3.84. The van der Waals surface area contributed by atoms with Gasteiger partial charge in [-0.2, -0.15) is 5.10 Å². The van der Waals surface area contributed by atoms with Crippen molar-refractivity contribution < 1.29 is 17.6 Å². The van der Waals surface area contributed by atoms with Crippen LogP contribution in [-0.2, 0) is 23.5 Å². The maximum atomic E-state index is 13.0. The highest BCUT2D eigenvalue weighted by molar-refractivity contribution is 7.92. The third kappa shape index (κ3) is 5.64. The summed E-state index contributed by atoms with van der Waals surface area (Å²) < 4.78 is 42.1. The number of aryl methyl sites for hydroxylation is 2. The highest BCUT2D eigenvalue weighted by Gasteiger charge is 2.16. The van der Waals surface area contributed by atoms with Crippen molar-refractivity contribution in [3.05, 3.63) is 77.9 Å². The zero-order valence-corrected chi connectivity index (χ0v) is 16.6. The van der Waals surface area contributed by atoms with Crippen LogP contribution in [0.5, 0.6) is 0 Å². The first kappa shape index (κ1) is 20.5. The van der Waals surface area contributed by atoms with E-state index in [1.165, 1.54) is 30.3 Å². The van der Waals surface area contributed by atoms with E-state index < -0.39 is 15.8 Å². The first-order chi connectivity index (χ1) is 13.8. The number of nitrogens with one attached hydrogen (secondary N) is 2. The summed E-state index contributed by atoms with van der Waals surface area (Å²) >= 11 is 0. The fourth-order valence-electron chi connectivity index (χ4n) is 2.73. The number of halogens is 1. The molecule has 2 N–H and O–H groups in total. The number of aromatic nitrogens is 2. The van der Waals surface area contributed by atoms with Crippen molar-refractivity contribution in [3.8, 4) is 0 Å². The molecular formula is C20H21FN4O3S. The van der Waals surface area contributed by atoms with E-state index in [9.17, 15) is 17.6 Å². The summed E-state index contributed by atoms with van der Waals surface area (Å²) in [6.45, 7) is 0.457. The molecule has 0 spiro atoms. The smallest absolute Gasteiger partial charge is 0.261 e. The van der Waals surface area contributed by atoms with Gasteiger partial charge in [0.2, 0.25) is 0 Å². The number of benzene rings is 2. The number of rotatable bonds is 8. The lowest BCUT2D eigenvalue weighted by Gasteiger charge is -2.10. The minimum absolute atomic E-state index is 0.0511. The van der Waals surface area contributed by atoms with Crippen LogP contribution in [0.15, 0.2) is 65.8 Å². The van der Waals surface area contributed by atoms with E-state index in [0.717, 1.165) is 30.5 Å². The number of carbonyl (C=O) groups is 1. The average molecular weight is 416 g/mol. The van der Waals surface area contributed by atoms with Crippen LogP contribution in [0.4, 0.5) is 10.1 Å². The Kier molecular flexibility index (Phi) is 6.28. The summed E-state index contributed by atoms with van der Waals surface area (Å²) in [5.74, 6) is -0.815. The van der Waals surface area contributed by atoms with Crippen molar-refractivity contribution in [2.45, 2.75) is 17.7 Å². The largest absolute Gasteiger partial charge is 0.352 e. The van der Waals surface area contributed by atoms with Gasteiger partial charge < -0.3 is 5.32 Å². The molecule has 7 nitrogen and oxygen atoms in total. The second-order valence-corrected chi connectivity index (χ2v) is 8.20. The van der Waals surface area contributed by atoms with E-state index in [1.54, 1.807) is 16.9 Å². The van der Waals surface area contributed by atoms with Crippen molar-refractivity contribution in [1.29, 1.82) is 0 Å². The number of sulfonamides is 1. The molecular weight excluding hydrogens is 395 g/mol. The minimum atomic E-state index is -3.90. The van der Waals surface area contributed by atoms with Crippen LogP contribution in [-0.4, -0.2) is 30.7 Å². The molecule has 0 unspecified atom stereocenters. The van der Waals surface area contributed by atoms with Gasteiger partial charge in [-0.15, -0.1) is 0 Å². The number of anilines is 1. The molecule has 0 aliphatic rings. The van der Waals surface area contributed by atoms with Gasteiger partial charge in [0.25, 0.3) is 15.9 Å². The summed E-state index contributed by atoms with van der Waals surface area (Å²) in [6.07, 6.45) is 5.22. The number of hydrogen-bond acceptors (Lipinski definition) is 4. The molecule has 1 amide bonds. The molecule has 0 saturated heterocycles. The maximum Gasteiger partial charge on any atom is 0.261 e. The van der Waals surface area contributed by atoms with Crippen LogP contribution < -0.4 is 10.0 Å². The summed E-state index contributed by atoms with van der Waals surface area (Å²) in [5.41, 5.74) is 1.56. The van der Waals surface area contributed by atoms with Crippen molar-refractivity contribution in [2.75, 3.05) is 11.3 Å². The Bertz CT molecular complexity index is 1090. The van der Waals surface area contributed by atoms with Crippen molar-refractivity contribution in [3.63, 3.8) is 0 Å². The lowest BCUT2D eigenvalue weighted by Crippen LogP contribution is -2.25. The van der Waals surface area contributed by atoms with Gasteiger partial charge in [0.05, 0.1) is 11.1 Å². The maximum absolute atomic E-state index is 13.0. The summed E-state index contributed by atoms with van der Waals surface area (Å²) in [6, 6.07) is 10.7.